The van der Waals surface area contributed by atoms with E-state index in [0.29, 0.717) is 11.1 Å². The van der Waals surface area contributed by atoms with E-state index in [9.17, 15) is 17.6 Å². The summed E-state index contributed by atoms with van der Waals surface area (Å²) in [5.74, 6) is -0.942. The molecule has 0 spiro atoms. The molecule has 0 aliphatic heterocycles. The number of benzene rings is 3. The van der Waals surface area contributed by atoms with E-state index in [0.717, 1.165) is 21.2 Å². The van der Waals surface area contributed by atoms with E-state index in [1.54, 1.807) is 17.5 Å². The molecule has 4 rings (SSSR count). The van der Waals surface area contributed by atoms with Crippen LogP contribution in [0.1, 0.15) is 15.2 Å². The van der Waals surface area contributed by atoms with E-state index in [2.05, 4.69) is 5.32 Å². The predicted molar refractivity (Wildman–Crippen MR) is 129 cm³/mol. The van der Waals surface area contributed by atoms with E-state index in [-0.39, 0.29) is 22.0 Å². The summed E-state index contributed by atoms with van der Waals surface area (Å²) in [5, 5.41) is 4.50. The van der Waals surface area contributed by atoms with Gasteiger partial charge in [-0.1, -0.05) is 60.7 Å². The Morgan fingerprint density at radius 3 is 2.18 bits per heavy atom. The number of sulfonamides is 1. The highest BCUT2D eigenvalue weighted by Crippen LogP contribution is 2.38. The third kappa shape index (κ3) is 4.81. The molecule has 1 N–H and O–H groups in total. The molecule has 0 fully saturated rings. The number of carbonyl (C=O) groups excluding carboxylic acids is 1. The van der Waals surface area contributed by atoms with Gasteiger partial charge in [0.1, 0.15) is 15.6 Å². The second kappa shape index (κ2) is 9.56. The standard InChI is InChI=1S/C25H21FN2O3S2/c1-28(21-14-12-20(26)13-15-21)33(30,31)24-22(19-10-6-3-7-11-19)17-32-23(24)25(29)27-16-18-8-4-2-5-9-18/h2-15,17H,16H2,1H3,(H,27,29). The van der Waals surface area contributed by atoms with Crippen molar-refractivity contribution in [3.8, 4) is 11.1 Å². The Hall–Kier alpha value is -3.49. The van der Waals surface area contributed by atoms with Gasteiger partial charge in [-0.2, -0.15) is 0 Å². The Labute approximate surface area is 196 Å². The Morgan fingerprint density at radius 1 is 0.939 bits per heavy atom. The molecule has 0 unspecified atom stereocenters. The van der Waals surface area contributed by atoms with Crippen molar-refractivity contribution in [2.24, 2.45) is 0 Å². The van der Waals surface area contributed by atoms with Gasteiger partial charge in [-0.05, 0) is 35.4 Å². The molecular formula is C25H21FN2O3S2. The second-order valence-corrected chi connectivity index (χ2v) is 10.1. The summed E-state index contributed by atoms with van der Waals surface area (Å²) in [6.45, 7) is 0.269. The number of nitrogens with zero attached hydrogens (tertiary/aromatic N) is 1. The predicted octanol–water partition coefficient (Wildman–Crippen LogP) is 5.31. The second-order valence-electron chi connectivity index (χ2n) is 7.29. The minimum absolute atomic E-state index is 0.0731. The fourth-order valence-corrected chi connectivity index (χ4v) is 6.24. The summed E-state index contributed by atoms with van der Waals surface area (Å²) < 4.78 is 41.9. The van der Waals surface area contributed by atoms with Gasteiger partial charge in [0, 0.05) is 24.5 Å². The maximum absolute atomic E-state index is 13.7. The molecule has 0 saturated heterocycles. The highest BCUT2D eigenvalue weighted by Gasteiger charge is 2.32. The van der Waals surface area contributed by atoms with E-state index >= 15 is 0 Å². The average molecular weight is 481 g/mol. The smallest absolute Gasteiger partial charge is 0.266 e. The van der Waals surface area contributed by atoms with Crippen LogP contribution in [0.5, 0.6) is 0 Å². The molecular weight excluding hydrogens is 459 g/mol. The zero-order chi connectivity index (χ0) is 23.4. The number of anilines is 1. The van der Waals surface area contributed by atoms with E-state index in [1.165, 1.54) is 31.3 Å². The molecule has 1 heterocycles. The number of amides is 1. The van der Waals surface area contributed by atoms with Gasteiger partial charge in [0.2, 0.25) is 0 Å². The first-order valence-electron chi connectivity index (χ1n) is 10.1. The first-order chi connectivity index (χ1) is 15.9. The summed E-state index contributed by atoms with van der Waals surface area (Å²) in [6, 6.07) is 23.6. The molecule has 0 aliphatic rings. The van der Waals surface area contributed by atoms with Gasteiger partial charge >= 0.3 is 0 Å². The highest BCUT2D eigenvalue weighted by molar-refractivity contribution is 7.93. The van der Waals surface area contributed by atoms with E-state index < -0.39 is 21.7 Å². The zero-order valence-electron chi connectivity index (χ0n) is 17.7. The maximum atomic E-state index is 13.7. The Kier molecular flexibility index (Phi) is 6.57. The van der Waals surface area contributed by atoms with Crippen LogP contribution in [0.4, 0.5) is 10.1 Å². The number of rotatable bonds is 7. The van der Waals surface area contributed by atoms with Gasteiger partial charge in [0.25, 0.3) is 15.9 Å². The fourth-order valence-electron chi connectivity index (χ4n) is 3.36. The largest absolute Gasteiger partial charge is 0.347 e. The number of hydrogen-bond donors (Lipinski definition) is 1. The monoisotopic (exact) mass is 480 g/mol. The number of hydrogen-bond acceptors (Lipinski definition) is 4. The lowest BCUT2D eigenvalue weighted by atomic mass is 10.1. The van der Waals surface area contributed by atoms with Crippen molar-refractivity contribution in [3.63, 3.8) is 0 Å². The molecule has 168 valence electrons. The maximum Gasteiger partial charge on any atom is 0.266 e. The van der Waals surface area contributed by atoms with Gasteiger partial charge in [0.15, 0.2) is 0 Å². The normalized spacial score (nSPS) is 11.2. The number of thiophene rings is 1. The van der Waals surface area contributed by atoms with Crippen LogP contribution in [-0.4, -0.2) is 21.4 Å². The van der Waals surface area contributed by atoms with Crippen LogP contribution < -0.4 is 9.62 Å². The Balaban J connectivity index is 1.76. The van der Waals surface area contributed by atoms with Crippen LogP contribution in [0.15, 0.2) is 95.2 Å². The molecule has 3 aromatic carbocycles. The van der Waals surface area contributed by atoms with Crippen LogP contribution in [0.2, 0.25) is 0 Å². The molecule has 1 amide bonds. The summed E-state index contributed by atoms with van der Waals surface area (Å²) >= 11 is 1.08. The molecule has 8 heteroatoms. The molecule has 0 saturated carbocycles. The van der Waals surface area contributed by atoms with Gasteiger partial charge in [0.05, 0.1) is 5.69 Å². The molecule has 5 nitrogen and oxygen atoms in total. The summed E-state index contributed by atoms with van der Waals surface area (Å²) in [7, 11) is -2.75. The van der Waals surface area contributed by atoms with Crippen LogP contribution >= 0.6 is 11.3 Å². The summed E-state index contributed by atoms with van der Waals surface area (Å²) in [6.07, 6.45) is 0. The lowest BCUT2D eigenvalue weighted by molar-refractivity contribution is 0.0952. The molecule has 0 atom stereocenters. The van der Waals surface area contributed by atoms with Crippen molar-refractivity contribution >= 4 is 33.0 Å². The van der Waals surface area contributed by atoms with Crippen molar-refractivity contribution in [3.05, 3.63) is 107 Å². The number of halogens is 1. The van der Waals surface area contributed by atoms with Crippen molar-refractivity contribution in [2.75, 3.05) is 11.4 Å². The molecule has 33 heavy (non-hydrogen) atoms. The average Bonchev–Trinajstić information content (AvgIpc) is 3.30. The van der Waals surface area contributed by atoms with Gasteiger partial charge in [-0.3, -0.25) is 9.10 Å². The van der Waals surface area contributed by atoms with Crippen molar-refractivity contribution < 1.29 is 17.6 Å². The minimum atomic E-state index is -4.14. The minimum Gasteiger partial charge on any atom is -0.347 e. The molecule has 1 aromatic heterocycles. The van der Waals surface area contributed by atoms with E-state index in [4.69, 9.17) is 0 Å². The SMILES string of the molecule is CN(c1ccc(F)cc1)S(=O)(=O)c1c(-c2ccccc2)csc1C(=O)NCc1ccccc1. The van der Waals surface area contributed by atoms with Gasteiger partial charge in [-0.15, -0.1) is 11.3 Å². The van der Waals surface area contributed by atoms with E-state index in [1.807, 2.05) is 48.5 Å². The molecule has 0 radical (unpaired) electrons. The van der Waals surface area contributed by atoms with Crippen molar-refractivity contribution in [1.29, 1.82) is 0 Å². The van der Waals surface area contributed by atoms with Crippen LogP contribution in [-0.2, 0) is 16.6 Å². The zero-order valence-corrected chi connectivity index (χ0v) is 19.4. The first kappa shape index (κ1) is 22.7. The number of nitrogens with one attached hydrogen (secondary N) is 1. The van der Waals surface area contributed by atoms with Crippen LogP contribution in [0.3, 0.4) is 0 Å². The highest BCUT2D eigenvalue weighted by atomic mass is 32.2. The van der Waals surface area contributed by atoms with Crippen LogP contribution in [0.25, 0.3) is 11.1 Å². The topological polar surface area (TPSA) is 66.5 Å². The Bertz CT molecular complexity index is 1350. The van der Waals surface area contributed by atoms with Crippen LogP contribution in [0, 0.1) is 5.82 Å². The lowest BCUT2D eigenvalue weighted by Gasteiger charge is -2.21. The van der Waals surface area contributed by atoms with Crippen molar-refractivity contribution in [1.82, 2.24) is 5.32 Å². The Morgan fingerprint density at radius 2 is 1.55 bits per heavy atom. The number of carbonyl (C=O) groups is 1. The first-order valence-corrected chi connectivity index (χ1v) is 12.4. The van der Waals surface area contributed by atoms with Gasteiger partial charge < -0.3 is 5.32 Å². The van der Waals surface area contributed by atoms with Crippen molar-refractivity contribution in [2.45, 2.75) is 11.4 Å². The molecule has 4 aromatic rings. The fraction of sp³-hybridized carbons (Fsp3) is 0.0800. The van der Waals surface area contributed by atoms with Gasteiger partial charge in [-0.25, -0.2) is 12.8 Å². The summed E-state index contributed by atoms with van der Waals surface area (Å²) in [5.41, 5.74) is 2.32. The third-order valence-electron chi connectivity index (χ3n) is 5.14. The quantitative estimate of drug-likeness (QED) is 0.390. The summed E-state index contributed by atoms with van der Waals surface area (Å²) in [4.78, 5) is 13.1. The lowest BCUT2D eigenvalue weighted by Crippen LogP contribution is -2.30. The third-order valence-corrected chi connectivity index (χ3v) is 8.12. The molecule has 0 bridgehead atoms. The molecule has 0 aliphatic carbocycles.